The number of nitrogens with two attached hydrogens (primary N) is 1. The lowest BCUT2D eigenvalue weighted by Gasteiger charge is -2.20. The van der Waals surface area contributed by atoms with Crippen LogP contribution in [-0.4, -0.2) is 29.2 Å². The van der Waals surface area contributed by atoms with Gasteiger partial charge in [0.05, 0.1) is 0 Å². The molecule has 1 amide bonds. The van der Waals surface area contributed by atoms with E-state index in [2.05, 4.69) is 10.3 Å². The minimum atomic E-state index is -4.44. The third-order valence-electron chi connectivity index (χ3n) is 2.83. The first-order chi connectivity index (χ1) is 8.79. The van der Waals surface area contributed by atoms with Gasteiger partial charge in [-0.3, -0.25) is 4.79 Å². The van der Waals surface area contributed by atoms with E-state index in [1.807, 2.05) is 12.2 Å². The Kier molecular flexibility index (Phi) is 3.33. The van der Waals surface area contributed by atoms with E-state index in [1.54, 1.807) is 0 Å². The van der Waals surface area contributed by atoms with E-state index in [9.17, 15) is 18.0 Å². The second-order valence-corrected chi connectivity index (χ2v) is 5.30. The molecule has 9 heteroatoms. The molecule has 1 saturated carbocycles. The Bertz CT molecular complexity index is 495. The zero-order valence-electron chi connectivity index (χ0n) is 10.1. The molecule has 0 radical (unpaired) electrons. The first-order valence-corrected chi connectivity index (χ1v) is 6.50. The summed E-state index contributed by atoms with van der Waals surface area (Å²) >= 11 is 0.945. The number of hydrogen-bond acceptors (Lipinski definition) is 5. The molecule has 0 atom stereocenters. The summed E-state index contributed by atoms with van der Waals surface area (Å²) in [7, 11) is 0. The number of rotatable bonds is 4. The first kappa shape index (κ1) is 13.9. The molecule has 0 saturated heterocycles. The summed E-state index contributed by atoms with van der Waals surface area (Å²) in [5, 5.41) is 5.29. The zero-order chi connectivity index (χ0) is 14.3. The van der Waals surface area contributed by atoms with Gasteiger partial charge in [0.1, 0.15) is 16.2 Å². The summed E-state index contributed by atoms with van der Waals surface area (Å²) in [5.74, 6) is -0.884. The lowest BCUT2D eigenvalue weighted by Crippen LogP contribution is -2.47. The Morgan fingerprint density at radius 3 is 2.63 bits per heavy atom. The average Bonchev–Trinajstić information content (AvgIpc) is 2.97. The third kappa shape index (κ3) is 2.60. The van der Waals surface area contributed by atoms with Crippen molar-refractivity contribution < 1.29 is 18.0 Å². The van der Waals surface area contributed by atoms with Gasteiger partial charge >= 0.3 is 6.18 Å². The van der Waals surface area contributed by atoms with E-state index in [1.165, 1.54) is 0 Å². The molecule has 1 aromatic heterocycles. The van der Waals surface area contributed by atoms with E-state index in [-0.39, 0.29) is 23.5 Å². The number of aromatic nitrogens is 1. The van der Waals surface area contributed by atoms with E-state index < -0.39 is 17.6 Å². The van der Waals surface area contributed by atoms with Gasteiger partial charge in [-0.25, -0.2) is 4.98 Å². The van der Waals surface area contributed by atoms with Crippen LogP contribution in [0.15, 0.2) is 0 Å². The van der Waals surface area contributed by atoms with Gasteiger partial charge in [-0.1, -0.05) is 11.3 Å². The number of anilines is 2. The van der Waals surface area contributed by atoms with Crippen molar-refractivity contribution in [2.75, 3.05) is 17.6 Å². The fourth-order valence-electron chi connectivity index (χ4n) is 1.60. The van der Waals surface area contributed by atoms with Crippen molar-refractivity contribution in [2.45, 2.75) is 31.5 Å². The van der Waals surface area contributed by atoms with Crippen LogP contribution in [0.4, 0.5) is 24.1 Å². The number of thiazole rings is 1. The number of carbonyl (C=O) groups is 1. The maximum absolute atomic E-state index is 12.7. The average molecular weight is 294 g/mol. The lowest BCUT2D eigenvalue weighted by atomic mass is 10.2. The predicted octanol–water partition coefficient (Wildman–Crippen LogP) is 1.98. The largest absolute Gasteiger partial charge is 0.411 e. The normalized spacial score (nSPS) is 17.1. The number of carbonyl (C=O) groups excluding carboxylic acids is 1. The molecule has 19 heavy (non-hydrogen) atoms. The third-order valence-corrected chi connectivity index (χ3v) is 3.86. The van der Waals surface area contributed by atoms with E-state index in [0.29, 0.717) is 11.7 Å². The van der Waals surface area contributed by atoms with Crippen LogP contribution in [0.1, 0.15) is 29.4 Å². The van der Waals surface area contributed by atoms with Gasteiger partial charge < -0.3 is 16.4 Å². The first-order valence-electron chi connectivity index (χ1n) is 5.68. The van der Waals surface area contributed by atoms with Gasteiger partial charge in [-0.05, 0) is 19.8 Å². The Hall–Kier alpha value is -1.51. The van der Waals surface area contributed by atoms with Crippen LogP contribution < -0.4 is 16.4 Å². The molecule has 106 valence electrons. The second kappa shape index (κ2) is 4.55. The molecular weight excluding hydrogens is 281 g/mol. The van der Waals surface area contributed by atoms with Gasteiger partial charge in [0, 0.05) is 6.54 Å². The Morgan fingerprint density at radius 2 is 2.16 bits per heavy atom. The highest BCUT2D eigenvalue weighted by molar-refractivity contribution is 7.18. The molecule has 1 aliphatic rings. The van der Waals surface area contributed by atoms with Crippen molar-refractivity contribution in [1.29, 1.82) is 0 Å². The highest BCUT2D eigenvalue weighted by Crippen LogP contribution is 2.49. The molecular formula is C10H13F3N4OS. The highest BCUT2D eigenvalue weighted by atomic mass is 32.1. The molecule has 0 aliphatic heterocycles. The molecule has 1 aromatic rings. The monoisotopic (exact) mass is 294 g/mol. The van der Waals surface area contributed by atoms with Crippen molar-refractivity contribution in [3.63, 3.8) is 0 Å². The van der Waals surface area contributed by atoms with Crippen molar-refractivity contribution in [2.24, 2.45) is 0 Å². The quantitative estimate of drug-likeness (QED) is 0.793. The zero-order valence-corrected chi connectivity index (χ0v) is 10.9. The summed E-state index contributed by atoms with van der Waals surface area (Å²) in [5.41, 5.74) is 3.45. The fraction of sp³-hybridized carbons (Fsp3) is 0.600. The summed E-state index contributed by atoms with van der Waals surface area (Å²) in [6.07, 6.45) is -4.63. The SMILES string of the molecule is CCNc1nc(N)c(C(=O)NC2(C(F)(F)F)CC2)s1. The van der Waals surface area contributed by atoms with Gasteiger partial charge in [0.15, 0.2) is 5.13 Å². The molecule has 0 bridgehead atoms. The number of halogens is 3. The molecule has 4 N–H and O–H groups in total. The molecule has 5 nitrogen and oxygen atoms in total. The van der Waals surface area contributed by atoms with Crippen molar-refractivity contribution in [3.05, 3.63) is 4.88 Å². The van der Waals surface area contributed by atoms with Gasteiger partial charge in [0.25, 0.3) is 5.91 Å². The maximum atomic E-state index is 12.7. The van der Waals surface area contributed by atoms with E-state index in [4.69, 9.17) is 5.73 Å². The Balaban J connectivity index is 2.13. The van der Waals surface area contributed by atoms with Crippen LogP contribution in [0.5, 0.6) is 0 Å². The maximum Gasteiger partial charge on any atom is 0.411 e. The minimum absolute atomic E-state index is 0.00600. The molecule has 1 fully saturated rings. The van der Waals surface area contributed by atoms with Crippen molar-refractivity contribution in [3.8, 4) is 0 Å². The van der Waals surface area contributed by atoms with Gasteiger partial charge in [0.2, 0.25) is 0 Å². The minimum Gasteiger partial charge on any atom is -0.382 e. The van der Waals surface area contributed by atoms with Crippen LogP contribution in [0.2, 0.25) is 0 Å². The summed E-state index contributed by atoms with van der Waals surface area (Å²) < 4.78 is 38.2. The van der Waals surface area contributed by atoms with Crippen LogP contribution in [0.25, 0.3) is 0 Å². The van der Waals surface area contributed by atoms with Crippen molar-refractivity contribution in [1.82, 2.24) is 10.3 Å². The number of nitrogens with zero attached hydrogens (tertiary/aromatic N) is 1. The summed E-state index contributed by atoms with van der Waals surface area (Å²) in [6.45, 7) is 2.42. The topological polar surface area (TPSA) is 80.0 Å². The number of nitrogen functional groups attached to an aromatic ring is 1. The lowest BCUT2D eigenvalue weighted by molar-refractivity contribution is -0.163. The van der Waals surface area contributed by atoms with Crippen LogP contribution in [-0.2, 0) is 0 Å². The molecule has 1 aliphatic carbocycles. The predicted molar refractivity (Wildman–Crippen MR) is 66.2 cm³/mol. The number of nitrogens with one attached hydrogen (secondary N) is 2. The van der Waals surface area contributed by atoms with Crippen LogP contribution in [0, 0.1) is 0 Å². The molecule has 0 aromatic carbocycles. The highest BCUT2D eigenvalue weighted by Gasteiger charge is 2.64. The van der Waals surface area contributed by atoms with Crippen LogP contribution in [0.3, 0.4) is 0 Å². The number of amides is 1. The van der Waals surface area contributed by atoms with Crippen LogP contribution >= 0.6 is 11.3 Å². The van der Waals surface area contributed by atoms with E-state index in [0.717, 1.165) is 11.3 Å². The number of alkyl halides is 3. The van der Waals surface area contributed by atoms with Gasteiger partial charge in [-0.15, -0.1) is 0 Å². The second-order valence-electron chi connectivity index (χ2n) is 4.30. The molecule has 0 unspecified atom stereocenters. The number of hydrogen-bond donors (Lipinski definition) is 3. The molecule has 2 rings (SSSR count). The standard InChI is InChI=1S/C10H13F3N4OS/c1-2-15-8-16-6(14)5(19-8)7(18)17-9(3-4-9)10(11,12)13/h2-4,14H2,1H3,(H,15,16)(H,17,18). The fourth-order valence-corrected chi connectivity index (χ4v) is 2.45. The summed E-state index contributed by atoms with van der Waals surface area (Å²) in [6, 6.07) is 0. The Labute approximate surface area is 111 Å². The van der Waals surface area contributed by atoms with Gasteiger partial charge in [-0.2, -0.15) is 13.2 Å². The summed E-state index contributed by atoms with van der Waals surface area (Å²) in [4.78, 5) is 15.7. The van der Waals surface area contributed by atoms with Crippen molar-refractivity contribution >= 4 is 28.2 Å². The Morgan fingerprint density at radius 1 is 1.53 bits per heavy atom. The molecule has 0 spiro atoms. The van der Waals surface area contributed by atoms with E-state index >= 15 is 0 Å². The molecule has 1 heterocycles. The smallest absolute Gasteiger partial charge is 0.382 e.